The Labute approximate surface area is 131 Å². The Hall–Kier alpha value is -2.44. The van der Waals surface area contributed by atoms with Crippen LogP contribution >= 0.6 is 0 Å². The van der Waals surface area contributed by atoms with Crippen LogP contribution < -0.4 is 9.47 Å². The zero-order valence-corrected chi connectivity index (χ0v) is 13.1. The van der Waals surface area contributed by atoms with Gasteiger partial charge in [0.25, 0.3) is 0 Å². The molecule has 0 aliphatic carbocycles. The molecule has 3 heteroatoms. The molecular formula is C19H20O3. The molecule has 0 aliphatic rings. The lowest BCUT2D eigenvalue weighted by atomic mass is 10.1. The molecule has 0 amide bonds. The lowest BCUT2D eigenvalue weighted by Crippen LogP contribution is -2.14. The molecule has 114 valence electrons. The molecule has 0 aromatic heterocycles. The molecule has 0 saturated carbocycles. The van der Waals surface area contributed by atoms with Gasteiger partial charge >= 0.3 is 0 Å². The van der Waals surface area contributed by atoms with Crippen LogP contribution in [0.4, 0.5) is 0 Å². The zero-order valence-electron chi connectivity index (χ0n) is 13.1. The molecule has 3 nitrogen and oxygen atoms in total. The molecule has 0 spiro atoms. The first-order valence-electron chi connectivity index (χ1n) is 7.08. The first-order chi connectivity index (χ1) is 10.5. The van der Waals surface area contributed by atoms with Crippen LogP contribution in [0.2, 0.25) is 0 Å². The van der Waals surface area contributed by atoms with Crippen molar-refractivity contribution < 1.29 is 14.6 Å². The highest BCUT2D eigenvalue weighted by Gasteiger charge is 2.08. The Bertz CT molecular complexity index is 673. The highest BCUT2D eigenvalue weighted by molar-refractivity contribution is 5.50. The van der Waals surface area contributed by atoms with Crippen molar-refractivity contribution in [1.29, 1.82) is 0 Å². The number of benzene rings is 2. The maximum absolute atomic E-state index is 9.74. The summed E-state index contributed by atoms with van der Waals surface area (Å²) in [6, 6.07) is 15.4. The smallest absolute Gasteiger partial charge is 0.139 e. The van der Waals surface area contributed by atoms with E-state index in [-0.39, 0.29) is 0 Å². The van der Waals surface area contributed by atoms with Crippen molar-refractivity contribution >= 4 is 0 Å². The van der Waals surface area contributed by atoms with Gasteiger partial charge in [0.1, 0.15) is 23.7 Å². The third-order valence-electron chi connectivity index (χ3n) is 2.93. The van der Waals surface area contributed by atoms with Gasteiger partial charge in [-0.15, -0.1) is 0 Å². The summed E-state index contributed by atoms with van der Waals surface area (Å²) in [5.41, 5.74) is 0.752. The number of hydrogen-bond donors (Lipinski definition) is 1. The molecule has 22 heavy (non-hydrogen) atoms. The van der Waals surface area contributed by atoms with E-state index in [2.05, 4.69) is 11.8 Å². The number of ether oxygens (including phenoxy) is 2. The van der Waals surface area contributed by atoms with E-state index < -0.39 is 5.60 Å². The minimum Gasteiger partial charge on any atom is -0.497 e. The number of rotatable bonds is 4. The molecule has 2 rings (SSSR count). The summed E-state index contributed by atoms with van der Waals surface area (Å²) in [6.45, 7) is 3.74. The number of hydrogen-bond acceptors (Lipinski definition) is 3. The van der Waals surface area contributed by atoms with Gasteiger partial charge in [-0.05, 0) is 31.5 Å². The summed E-state index contributed by atoms with van der Waals surface area (Å²) in [5.74, 6) is 7.10. The Kier molecular flexibility index (Phi) is 5.08. The van der Waals surface area contributed by atoms with Crippen LogP contribution in [0.5, 0.6) is 11.5 Å². The van der Waals surface area contributed by atoms with E-state index in [1.165, 1.54) is 0 Å². The van der Waals surface area contributed by atoms with Gasteiger partial charge in [-0.3, -0.25) is 0 Å². The standard InChI is InChI=1S/C19H20O3/c1-19(2,20)12-11-16-9-10-17(21-3)13-18(16)22-14-15-7-5-4-6-8-15/h4-10,13,20H,14H2,1-3H3. The van der Waals surface area contributed by atoms with Gasteiger partial charge in [0.2, 0.25) is 0 Å². The largest absolute Gasteiger partial charge is 0.497 e. The van der Waals surface area contributed by atoms with Crippen LogP contribution in [0.1, 0.15) is 25.0 Å². The third-order valence-corrected chi connectivity index (χ3v) is 2.93. The average molecular weight is 296 g/mol. The molecule has 2 aromatic carbocycles. The second-order valence-electron chi connectivity index (χ2n) is 5.45. The fourth-order valence-corrected chi connectivity index (χ4v) is 1.81. The van der Waals surface area contributed by atoms with Gasteiger partial charge in [-0.25, -0.2) is 0 Å². The summed E-state index contributed by atoms with van der Waals surface area (Å²) in [6.07, 6.45) is 0. The summed E-state index contributed by atoms with van der Waals surface area (Å²) >= 11 is 0. The van der Waals surface area contributed by atoms with Crippen molar-refractivity contribution in [1.82, 2.24) is 0 Å². The highest BCUT2D eigenvalue weighted by atomic mass is 16.5. The van der Waals surface area contributed by atoms with E-state index >= 15 is 0 Å². The Morgan fingerprint density at radius 1 is 1.09 bits per heavy atom. The molecule has 0 atom stereocenters. The second kappa shape index (κ2) is 7.02. The Morgan fingerprint density at radius 2 is 1.82 bits per heavy atom. The molecule has 0 saturated heterocycles. The summed E-state index contributed by atoms with van der Waals surface area (Å²) in [7, 11) is 1.61. The van der Waals surface area contributed by atoms with E-state index in [0.717, 1.165) is 11.1 Å². The Morgan fingerprint density at radius 3 is 2.45 bits per heavy atom. The summed E-state index contributed by atoms with van der Waals surface area (Å²) < 4.78 is 11.1. The van der Waals surface area contributed by atoms with Gasteiger partial charge in [-0.1, -0.05) is 42.2 Å². The van der Waals surface area contributed by atoms with Crippen molar-refractivity contribution in [2.45, 2.75) is 26.1 Å². The van der Waals surface area contributed by atoms with Crippen LogP contribution in [0, 0.1) is 11.8 Å². The quantitative estimate of drug-likeness (QED) is 0.879. The molecular weight excluding hydrogens is 276 g/mol. The molecule has 1 N–H and O–H groups in total. The maximum Gasteiger partial charge on any atom is 0.139 e. The topological polar surface area (TPSA) is 38.7 Å². The van der Waals surface area contributed by atoms with Crippen LogP contribution in [-0.4, -0.2) is 17.8 Å². The van der Waals surface area contributed by atoms with Crippen molar-refractivity contribution in [3.8, 4) is 23.3 Å². The zero-order chi connectivity index (χ0) is 16.0. The summed E-state index contributed by atoms with van der Waals surface area (Å²) in [4.78, 5) is 0. The van der Waals surface area contributed by atoms with E-state index in [0.29, 0.717) is 18.1 Å². The highest BCUT2D eigenvalue weighted by Crippen LogP contribution is 2.25. The lowest BCUT2D eigenvalue weighted by Gasteiger charge is -2.11. The number of methoxy groups -OCH3 is 1. The molecule has 0 fully saturated rings. The molecule has 0 bridgehead atoms. The molecule has 0 unspecified atom stereocenters. The van der Waals surface area contributed by atoms with Crippen LogP contribution in [0.3, 0.4) is 0 Å². The second-order valence-corrected chi connectivity index (χ2v) is 5.45. The minimum absolute atomic E-state index is 0.450. The van der Waals surface area contributed by atoms with E-state index in [1.54, 1.807) is 27.0 Å². The van der Waals surface area contributed by atoms with E-state index in [1.807, 2.05) is 42.5 Å². The van der Waals surface area contributed by atoms with Crippen molar-refractivity contribution in [3.05, 3.63) is 59.7 Å². The monoisotopic (exact) mass is 296 g/mol. The fourth-order valence-electron chi connectivity index (χ4n) is 1.81. The molecule has 2 aromatic rings. The van der Waals surface area contributed by atoms with Crippen molar-refractivity contribution in [2.24, 2.45) is 0 Å². The first kappa shape index (κ1) is 15.9. The van der Waals surface area contributed by atoms with Gasteiger partial charge < -0.3 is 14.6 Å². The summed E-state index contributed by atoms with van der Waals surface area (Å²) in [5, 5.41) is 9.74. The van der Waals surface area contributed by atoms with Crippen LogP contribution in [-0.2, 0) is 6.61 Å². The third kappa shape index (κ3) is 4.83. The predicted octanol–water partition coefficient (Wildman–Crippen LogP) is 3.40. The van der Waals surface area contributed by atoms with Crippen molar-refractivity contribution in [3.63, 3.8) is 0 Å². The lowest BCUT2D eigenvalue weighted by molar-refractivity contribution is 0.143. The average Bonchev–Trinajstić information content (AvgIpc) is 2.51. The normalized spacial score (nSPS) is 10.5. The first-order valence-corrected chi connectivity index (χ1v) is 7.08. The fraction of sp³-hybridized carbons (Fsp3) is 0.263. The van der Waals surface area contributed by atoms with Gasteiger partial charge in [0.15, 0.2) is 0 Å². The minimum atomic E-state index is -1.05. The van der Waals surface area contributed by atoms with Crippen molar-refractivity contribution in [2.75, 3.05) is 7.11 Å². The maximum atomic E-state index is 9.74. The molecule has 0 aliphatic heterocycles. The van der Waals surface area contributed by atoms with Gasteiger partial charge in [-0.2, -0.15) is 0 Å². The molecule has 0 radical (unpaired) electrons. The Balaban J connectivity index is 2.24. The number of aliphatic hydroxyl groups is 1. The van der Waals surface area contributed by atoms with Gasteiger partial charge in [0.05, 0.1) is 12.7 Å². The SMILES string of the molecule is COc1ccc(C#CC(C)(C)O)c(OCc2ccccc2)c1. The van der Waals surface area contributed by atoms with E-state index in [4.69, 9.17) is 9.47 Å². The molecule has 0 heterocycles. The van der Waals surface area contributed by atoms with Crippen LogP contribution in [0.15, 0.2) is 48.5 Å². The van der Waals surface area contributed by atoms with E-state index in [9.17, 15) is 5.11 Å². The van der Waals surface area contributed by atoms with Gasteiger partial charge in [0, 0.05) is 6.07 Å². The van der Waals surface area contributed by atoms with Crippen LogP contribution in [0.25, 0.3) is 0 Å². The predicted molar refractivity (Wildman–Crippen MR) is 86.9 cm³/mol.